The Morgan fingerprint density at radius 1 is 1.14 bits per heavy atom. The van der Waals surface area contributed by atoms with Gasteiger partial charge < -0.3 is 4.90 Å². The molecule has 1 aromatic carbocycles. The van der Waals surface area contributed by atoms with Crippen molar-refractivity contribution in [3.8, 4) is 0 Å². The molecule has 6 nitrogen and oxygen atoms in total. The monoisotopic (exact) mass is 405 g/mol. The Balaban J connectivity index is 1.76. The highest BCUT2D eigenvalue weighted by Crippen LogP contribution is 2.27. The van der Waals surface area contributed by atoms with Crippen LogP contribution >= 0.6 is 0 Å². The summed E-state index contributed by atoms with van der Waals surface area (Å²) in [5.74, 6) is -1.38. The van der Waals surface area contributed by atoms with E-state index in [2.05, 4.69) is 15.1 Å². The number of aryl methyl sites for hydroxylation is 3. The van der Waals surface area contributed by atoms with Gasteiger partial charge >= 0.3 is 6.18 Å². The molecule has 0 unspecified atom stereocenters. The first-order valence-electron chi connectivity index (χ1n) is 9.16. The van der Waals surface area contributed by atoms with Gasteiger partial charge in [-0.15, -0.1) is 5.10 Å². The van der Waals surface area contributed by atoms with Gasteiger partial charge in [-0.1, -0.05) is 24.3 Å². The molecule has 0 atom stereocenters. The van der Waals surface area contributed by atoms with Crippen LogP contribution < -0.4 is 0 Å². The number of rotatable bonds is 5. The Labute approximate surface area is 166 Å². The lowest BCUT2D eigenvalue weighted by Crippen LogP contribution is -2.27. The van der Waals surface area contributed by atoms with E-state index < -0.39 is 12.0 Å². The van der Waals surface area contributed by atoms with Gasteiger partial charge in [-0.25, -0.2) is 9.50 Å². The van der Waals surface area contributed by atoms with Gasteiger partial charge in [0.1, 0.15) is 0 Å². The van der Waals surface area contributed by atoms with Gasteiger partial charge in [0.05, 0.1) is 0 Å². The first kappa shape index (κ1) is 20.8. The van der Waals surface area contributed by atoms with Gasteiger partial charge in [-0.05, 0) is 43.9 Å². The van der Waals surface area contributed by atoms with E-state index in [9.17, 15) is 18.0 Å². The first-order valence-corrected chi connectivity index (χ1v) is 9.16. The number of amides is 1. The summed E-state index contributed by atoms with van der Waals surface area (Å²) in [7, 11) is 1.74. The van der Waals surface area contributed by atoms with E-state index in [4.69, 9.17) is 0 Å². The van der Waals surface area contributed by atoms with Crippen molar-refractivity contribution in [3.63, 3.8) is 0 Å². The average Bonchev–Trinajstić information content (AvgIpc) is 3.07. The van der Waals surface area contributed by atoms with E-state index >= 15 is 0 Å². The van der Waals surface area contributed by atoms with Crippen molar-refractivity contribution in [3.05, 3.63) is 58.2 Å². The molecule has 3 aromatic rings. The maximum atomic E-state index is 12.9. The van der Waals surface area contributed by atoms with Crippen molar-refractivity contribution in [2.75, 3.05) is 7.05 Å². The van der Waals surface area contributed by atoms with Gasteiger partial charge in [-0.2, -0.15) is 18.2 Å². The number of halogens is 3. The maximum absolute atomic E-state index is 12.9. The van der Waals surface area contributed by atoms with Crippen LogP contribution in [0, 0.1) is 20.8 Å². The lowest BCUT2D eigenvalue weighted by molar-refractivity contribution is -0.144. The van der Waals surface area contributed by atoms with Crippen LogP contribution in [-0.4, -0.2) is 37.4 Å². The highest BCUT2D eigenvalue weighted by Gasteiger charge is 2.37. The highest BCUT2D eigenvalue weighted by atomic mass is 19.4. The molecule has 3 rings (SSSR count). The van der Waals surface area contributed by atoms with Crippen molar-refractivity contribution in [2.24, 2.45) is 0 Å². The number of hydrogen-bond acceptors (Lipinski definition) is 4. The Morgan fingerprint density at radius 3 is 2.48 bits per heavy atom. The van der Waals surface area contributed by atoms with Gasteiger partial charge in [0.2, 0.25) is 5.91 Å². The summed E-state index contributed by atoms with van der Waals surface area (Å²) in [6.07, 6.45) is -4.06. The molecular formula is C20H22F3N5O. The summed E-state index contributed by atoms with van der Waals surface area (Å²) in [5, 5.41) is 3.54. The third-order valence-corrected chi connectivity index (χ3v) is 4.99. The predicted molar refractivity (Wildman–Crippen MR) is 101 cm³/mol. The molecule has 0 N–H and O–H groups in total. The molecule has 0 saturated heterocycles. The van der Waals surface area contributed by atoms with Gasteiger partial charge in [0.25, 0.3) is 11.6 Å². The fourth-order valence-corrected chi connectivity index (χ4v) is 3.24. The maximum Gasteiger partial charge on any atom is 0.453 e. The minimum absolute atomic E-state index is 0.0540. The van der Waals surface area contributed by atoms with Crippen LogP contribution in [0.2, 0.25) is 0 Å². The molecule has 0 bridgehead atoms. The van der Waals surface area contributed by atoms with Crippen LogP contribution in [0.5, 0.6) is 0 Å². The molecule has 0 saturated carbocycles. The molecule has 2 aromatic heterocycles. The fourth-order valence-electron chi connectivity index (χ4n) is 3.24. The standard InChI is InChI=1S/C20H22F3N5O/c1-12-7-5-6-8-15(12)11-27(4)17(29)10-9-16-13(2)24-19-25-18(20(21,22)23)26-28(19)14(16)3/h5-8H,9-11H2,1-4H3. The summed E-state index contributed by atoms with van der Waals surface area (Å²) >= 11 is 0. The second kappa shape index (κ2) is 7.81. The number of fused-ring (bicyclic) bond motifs is 1. The Bertz CT molecular complexity index is 1060. The zero-order valence-corrected chi connectivity index (χ0v) is 16.7. The van der Waals surface area contributed by atoms with Gasteiger partial charge in [0.15, 0.2) is 0 Å². The molecular weight excluding hydrogens is 383 g/mol. The summed E-state index contributed by atoms with van der Waals surface area (Å²) in [6.45, 7) is 5.85. The van der Waals surface area contributed by atoms with E-state index in [1.807, 2.05) is 31.2 Å². The van der Waals surface area contributed by atoms with Crippen LogP contribution in [0.1, 0.15) is 40.3 Å². The van der Waals surface area contributed by atoms with E-state index in [1.165, 1.54) is 0 Å². The molecule has 0 fully saturated rings. The number of carbonyl (C=O) groups excluding carboxylic acids is 1. The first-order chi connectivity index (χ1) is 13.6. The van der Waals surface area contributed by atoms with Crippen molar-refractivity contribution in [1.29, 1.82) is 0 Å². The van der Waals surface area contributed by atoms with Gasteiger partial charge in [0, 0.05) is 31.4 Å². The lowest BCUT2D eigenvalue weighted by Gasteiger charge is -2.19. The number of hydrogen-bond donors (Lipinski definition) is 0. The molecule has 0 radical (unpaired) electrons. The zero-order valence-electron chi connectivity index (χ0n) is 16.7. The number of aromatic nitrogens is 4. The van der Waals surface area contributed by atoms with Crippen molar-refractivity contribution >= 4 is 11.7 Å². The fraction of sp³-hybridized carbons (Fsp3) is 0.400. The number of alkyl halides is 3. The molecule has 0 aliphatic heterocycles. The van der Waals surface area contributed by atoms with Crippen LogP contribution in [0.25, 0.3) is 5.78 Å². The van der Waals surface area contributed by atoms with Crippen LogP contribution in [0.15, 0.2) is 24.3 Å². The number of benzene rings is 1. The Kier molecular flexibility index (Phi) is 5.59. The summed E-state index contributed by atoms with van der Waals surface area (Å²) < 4.78 is 39.8. The van der Waals surface area contributed by atoms with E-state index in [0.717, 1.165) is 15.6 Å². The molecule has 1 amide bonds. The minimum atomic E-state index is -4.64. The van der Waals surface area contributed by atoms with Crippen molar-refractivity contribution in [1.82, 2.24) is 24.5 Å². The second-order valence-electron chi connectivity index (χ2n) is 7.08. The zero-order chi connectivity index (χ0) is 21.3. The molecule has 9 heteroatoms. The van der Waals surface area contributed by atoms with Gasteiger partial charge in [-0.3, -0.25) is 4.79 Å². The average molecular weight is 405 g/mol. The van der Waals surface area contributed by atoms with Crippen LogP contribution in [0.4, 0.5) is 13.2 Å². The Morgan fingerprint density at radius 2 is 1.83 bits per heavy atom. The molecule has 0 spiro atoms. The third-order valence-electron chi connectivity index (χ3n) is 4.99. The lowest BCUT2D eigenvalue weighted by atomic mass is 10.1. The highest BCUT2D eigenvalue weighted by molar-refractivity contribution is 5.76. The summed E-state index contributed by atoms with van der Waals surface area (Å²) in [6, 6.07) is 7.86. The third kappa shape index (κ3) is 4.38. The summed E-state index contributed by atoms with van der Waals surface area (Å²) in [5.41, 5.74) is 3.94. The van der Waals surface area contributed by atoms with Crippen molar-refractivity contribution < 1.29 is 18.0 Å². The van der Waals surface area contributed by atoms with Crippen molar-refractivity contribution in [2.45, 2.75) is 46.3 Å². The molecule has 154 valence electrons. The van der Waals surface area contributed by atoms with Crippen LogP contribution in [0.3, 0.4) is 0 Å². The Hall–Kier alpha value is -2.97. The SMILES string of the molecule is Cc1ccccc1CN(C)C(=O)CCc1c(C)nc2nc(C(F)(F)F)nn2c1C. The second-order valence-corrected chi connectivity index (χ2v) is 7.08. The quantitative estimate of drug-likeness (QED) is 0.650. The molecule has 2 heterocycles. The predicted octanol–water partition coefficient (Wildman–Crippen LogP) is 3.66. The van der Waals surface area contributed by atoms with E-state index in [-0.39, 0.29) is 18.1 Å². The smallest absolute Gasteiger partial charge is 0.341 e. The largest absolute Gasteiger partial charge is 0.453 e. The normalized spacial score (nSPS) is 11.8. The van der Waals surface area contributed by atoms with Crippen LogP contribution in [-0.2, 0) is 23.9 Å². The van der Waals surface area contributed by atoms with E-state index in [0.29, 0.717) is 29.9 Å². The number of nitrogens with zero attached hydrogens (tertiary/aromatic N) is 5. The molecule has 0 aliphatic rings. The topological polar surface area (TPSA) is 63.4 Å². The number of carbonyl (C=O) groups is 1. The molecule has 29 heavy (non-hydrogen) atoms. The van der Waals surface area contributed by atoms with E-state index in [1.54, 1.807) is 25.8 Å². The molecule has 0 aliphatic carbocycles. The minimum Gasteiger partial charge on any atom is -0.341 e. The summed E-state index contributed by atoms with van der Waals surface area (Å²) in [4.78, 5) is 21.8.